The molecule has 0 spiro atoms. The van der Waals surface area contributed by atoms with Crippen molar-refractivity contribution in [2.75, 3.05) is 19.8 Å². The fraction of sp³-hybridized carbons (Fsp3) is 0.769. The Morgan fingerprint density at radius 2 is 2.11 bits per heavy atom. The molecule has 0 aliphatic rings. The molecule has 108 valence electrons. The average molecular weight is 269 g/mol. The van der Waals surface area contributed by atoms with E-state index in [1.54, 1.807) is 4.68 Å². The summed E-state index contributed by atoms with van der Waals surface area (Å²) >= 11 is 0. The van der Waals surface area contributed by atoms with Crippen LogP contribution >= 0.6 is 0 Å². The molecule has 0 N–H and O–H groups in total. The minimum absolute atomic E-state index is 0.449. The predicted molar refractivity (Wildman–Crippen MR) is 70.7 cm³/mol. The van der Waals surface area contributed by atoms with Crippen molar-refractivity contribution >= 4 is 6.29 Å². The molecule has 19 heavy (non-hydrogen) atoms. The normalized spacial score (nSPS) is 10.8. The van der Waals surface area contributed by atoms with Crippen LogP contribution < -0.4 is 0 Å². The number of nitrogens with zero attached hydrogens (tertiary/aromatic N) is 3. The summed E-state index contributed by atoms with van der Waals surface area (Å²) < 4.78 is 12.6. The predicted octanol–water partition coefficient (Wildman–Crippen LogP) is 1.59. The van der Waals surface area contributed by atoms with Crippen LogP contribution in [0.5, 0.6) is 0 Å². The van der Waals surface area contributed by atoms with Gasteiger partial charge in [0.1, 0.15) is 12.0 Å². The van der Waals surface area contributed by atoms with Gasteiger partial charge in [-0.25, -0.2) is 0 Å². The Bertz CT molecular complexity index is 342. The molecule has 0 aliphatic heterocycles. The average Bonchev–Trinajstić information content (AvgIpc) is 2.86. The van der Waals surface area contributed by atoms with E-state index in [0.717, 1.165) is 37.8 Å². The van der Waals surface area contributed by atoms with Crippen LogP contribution in [0.1, 0.15) is 38.3 Å². The SMILES string of the molecule is CCCCOCCOCc1cn(CCCC=O)nn1. The van der Waals surface area contributed by atoms with E-state index in [9.17, 15) is 4.79 Å². The highest BCUT2D eigenvalue weighted by Crippen LogP contribution is 1.98. The lowest BCUT2D eigenvalue weighted by atomic mass is 10.3. The van der Waals surface area contributed by atoms with Crippen LogP contribution in [0, 0.1) is 0 Å². The molecule has 0 saturated heterocycles. The fourth-order valence-corrected chi connectivity index (χ4v) is 1.49. The molecule has 0 radical (unpaired) electrons. The highest BCUT2D eigenvalue weighted by Gasteiger charge is 2.00. The van der Waals surface area contributed by atoms with Crippen molar-refractivity contribution in [1.29, 1.82) is 0 Å². The zero-order chi connectivity index (χ0) is 13.8. The van der Waals surface area contributed by atoms with Crippen molar-refractivity contribution in [3.05, 3.63) is 11.9 Å². The molecular weight excluding hydrogens is 246 g/mol. The molecule has 0 unspecified atom stereocenters. The number of carbonyl (C=O) groups excluding carboxylic acids is 1. The molecule has 0 atom stereocenters. The first-order chi connectivity index (χ1) is 9.36. The van der Waals surface area contributed by atoms with Gasteiger partial charge in [-0.15, -0.1) is 5.10 Å². The Morgan fingerprint density at radius 3 is 2.89 bits per heavy atom. The van der Waals surface area contributed by atoms with Gasteiger partial charge in [0.25, 0.3) is 0 Å². The van der Waals surface area contributed by atoms with Gasteiger partial charge in [-0.2, -0.15) is 0 Å². The summed E-state index contributed by atoms with van der Waals surface area (Å²) in [4.78, 5) is 10.2. The van der Waals surface area contributed by atoms with Crippen LogP contribution in [0.3, 0.4) is 0 Å². The van der Waals surface area contributed by atoms with Crippen molar-refractivity contribution in [1.82, 2.24) is 15.0 Å². The first-order valence-corrected chi connectivity index (χ1v) is 6.85. The molecular formula is C13H23N3O3. The summed E-state index contributed by atoms with van der Waals surface area (Å²) in [5.41, 5.74) is 0.805. The van der Waals surface area contributed by atoms with Crippen LogP contribution in [0.15, 0.2) is 6.20 Å². The van der Waals surface area contributed by atoms with Crippen LogP contribution in [0.4, 0.5) is 0 Å². The van der Waals surface area contributed by atoms with Crippen LogP contribution in [0.25, 0.3) is 0 Å². The van der Waals surface area contributed by atoms with Crippen molar-refractivity contribution in [2.45, 2.75) is 45.8 Å². The number of aryl methyl sites for hydroxylation is 1. The van der Waals surface area contributed by atoms with Gasteiger partial charge in [0.15, 0.2) is 0 Å². The fourth-order valence-electron chi connectivity index (χ4n) is 1.49. The Labute approximate surface area is 114 Å². The maximum Gasteiger partial charge on any atom is 0.120 e. The molecule has 1 aromatic rings. The number of unbranched alkanes of at least 4 members (excludes halogenated alkanes) is 2. The van der Waals surface area contributed by atoms with Crippen molar-refractivity contribution in [3.8, 4) is 0 Å². The lowest BCUT2D eigenvalue weighted by Crippen LogP contribution is -2.05. The smallest absolute Gasteiger partial charge is 0.120 e. The number of aromatic nitrogens is 3. The first-order valence-electron chi connectivity index (χ1n) is 6.85. The zero-order valence-corrected chi connectivity index (χ0v) is 11.6. The summed E-state index contributed by atoms with van der Waals surface area (Å²) in [6.45, 7) is 5.29. The number of hydrogen-bond donors (Lipinski definition) is 0. The molecule has 0 amide bonds. The molecule has 1 aromatic heterocycles. The molecule has 0 saturated carbocycles. The van der Waals surface area contributed by atoms with Gasteiger partial charge in [-0.1, -0.05) is 18.6 Å². The molecule has 6 nitrogen and oxygen atoms in total. The summed E-state index contributed by atoms with van der Waals surface area (Å²) in [6.07, 6.45) is 6.35. The summed E-state index contributed by atoms with van der Waals surface area (Å²) in [7, 11) is 0. The van der Waals surface area contributed by atoms with E-state index in [1.807, 2.05) is 6.20 Å². The number of hydrogen-bond acceptors (Lipinski definition) is 5. The van der Waals surface area contributed by atoms with Gasteiger partial charge in [-0.3, -0.25) is 4.68 Å². The van der Waals surface area contributed by atoms with Gasteiger partial charge in [0.05, 0.1) is 26.0 Å². The van der Waals surface area contributed by atoms with E-state index >= 15 is 0 Å². The largest absolute Gasteiger partial charge is 0.379 e. The van der Waals surface area contributed by atoms with Gasteiger partial charge in [-0.05, 0) is 12.8 Å². The summed E-state index contributed by atoms with van der Waals surface area (Å²) in [6, 6.07) is 0. The molecule has 6 heteroatoms. The topological polar surface area (TPSA) is 66.2 Å². The van der Waals surface area contributed by atoms with Crippen molar-refractivity contribution in [3.63, 3.8) is 0 Å². The van der Waals surface area contributed by atoms with Gasteiger partial charge in [0, 0.05) is 19.6 Å². The molecule has 0 aromatic carbocycles. The standard InChI is InChI=1S/C13H23N3O3/c1-2-3-8-18-9-10-19-12-13-11-16(15-14-13)6-4-5-7-17/h7,11H,2-6,8-10,12H2,1H3. The zero-order valence-electron chi connectivity index (χ0n) is 11.6. The van der Waals surface area contributed by atoms with E-state index in [1.165, 1.54) is 0 Å². The summed E-state index contributed by atoms with van der Waals surface area (Å²) in [5, 5.41) is 7.97. The van der Waals surface area contributed by atoms with Gasteiger partial charge >= 0.3 is 0 Å². The first kappa shape index (κ1) is 15.8. The van der Waals surface area contributed by atoms with Crippen LogP contribution in [-0.2, 0) is 27.4 Å². The van der Waals surface area contributed by atoms with Crippen molar-refractivity contribution in [2.24, 2.45) is 0 Å². The van der Waals surface area contributed by atoms with E-state index in [-0.39, 0.29) is 0 Å². The Kier molecular flexibility index (Phi) is 8.84. The van der Waals surface area contributed by atoms with E-state index in [2.05, 4.69) is 17.2 Å². The quantitative estimate of drug-likeness (QED) is 0.426. The Hall–Kier alpha value is -1.27. The monoisotopic (exact) mass is 269 g/mol. The highest BCUT2D eigenvalue weighted by molar-refractivity contribution is 5.48. The molecule has 0 bridgehead atoms. The lowest BCUT2D eigenvalue weighted by molar-refractivity contribution is -0.107. The van der Waals surface area contributed by atoms with Gasteiger partial charge in [0.2, 0.25) is 0 Å². The number of rotatable bonds is 12. The number of carbonyl (C=O) groups is 1. The Morgan fingerprint density at radius 1 is 1.26 bits per heavy atom. The molecule has 0 fully saturated rings. The second kappa shape index (κ2) is 10.6. The van der Waals surface area contributed by atoms with E-state index < -0.39 is 0 Å². The molecule has 1 rings (SSSR count). The van der Waals surface area contributed by atoms with Crippen molar-refractivity contribution < 1.29 is 14.3 Å². The third kappa shape index (κ3) is 7.69. The maximum absolute atomic E-state index is 10.2. The highest BCUT2D eigenvalue weighted by atomic mass is 16.5. The van der Waals surface area contributed by atoms with Gasteiger partial charge < -0.3 is 14.3 Å². The summed E-state index contributed by atoms with van der Waals surface area (Å²) in [5.74, 6) is 0. The number of aldehydes is 1. The lowest BCUT2D eigenvalue weighted by Gasteiger charge is -2.03. The second-order valence-corrected chi connectivity index (χ2v) is 4.30. The third-order valence-electron chi connectivity index (χ3n) is 2.56. The van der Waals surface area contributed by atoms with E-state index in [4.69, 9.17) is 9.47 Å². The third-order valence-corrected chi connectivity index (χ3v) is 2.56. The molecule has 1 heterocycles. The second-order valence-electron chi connectivity index (χ2n) is 4.30. The molecule has 0 aliphatic carbocycles. The Balaban J connectivity index is 2.04. The minimum Gasteiger partial charge on any atom is -0.379 e. The maximum atomic E-state index is 10.2. The van der Waals surface area contributed by atoms with Crippen LogP contribution in [0.2, 0.25) is 0 Å². The minimum atomic E-state index is 0.449. The van der Waals surface area contributed by atoms with E-state index in [0.29, 0.717) is 32.8 Å². The van der Waals surface area contributed by atoms with Crippen LogP contribution in [-0.4, -0.2) is 41.1 Å². The number of ether oxygens (including phenoxy) is 2.